The Morgan fingerprint density at radius 1 is 1.26 bits per heavy atom. The molecular formula is C17H25ClFN3O. The summed E-state index contributed by atoms with van der Waals surface area (Å²) in [6, 6.07) is 6.51. The summed E-state index contributed by atoms with van der Waals surface area (Å²) >= 11 is 0. The maximum atomic E-state index is 12.8. The van der Waals surface area contributed by atoms with E-state index < -0.39 is 0 Å². The molecule has 2 aliphatic rings. The lowest BCUT2D eigenvalue weighted by molar-refractivity contribution is -0.122. The number of benzene rings is 1. The Kier molecular flexibility index (Phi) is 6.39. The van der Waals surface area contributed by atoms with E-state index in [1.807, 2.05) is 0 Å². The number of fused-ring (bicyclic) bond motifs is 1. The highest BCUT2D eigenvalue weighted by molar-refractivity contribution is 5.85. The zero-order chi connectivity index (χ0) is 15.5. The quantitative estimate of drug-likeness (QED) is 0.879. The fraction of sp³-hybridized carbons (Fsp3) is 0.588. The first-order valence-corrected chi connectivity index (χ1v) is 8.11. The molecule has 3 unspecified atom stereocenters. The van der Waals surface area contributed by atoms with E-state index >= 15 is 0 Å². The Labute approximate surface area is 143 Å². The summed E-state index contributed by atoms with van der Waals surface area (Å²) in [5.74, 6) is 0.981. The number of nitrogens with two attached hydrogens (primary N) is 1. The average Bonchev–Trinajstić information content (AvgIpc) is 2.90. The van der Waals surface area contributed by atoms with Crippen LogP contribution < -0.4 is 11.1 Å². The number of likely N-dealkylation sites (tertiary alicyclic amines) is 1. The molecule has 23 heavy (non-hydrogen) atoms. The topological polar surface area (TPSA) is 58.4 Å². The van der Waals surface area contributed by atoms with Crippen LogP contribution >= 0.6 is 12.4 Å². The Morgan fingerprint density at radius 3 is 2.70 bits per heavy atom. The van der Waals surface area contributed by atoms with Gasteiger partial charge in [0.2, 0.25) is 5.91 Å². The smallest absolute Gasteiger partial charge is 0.234 e. The van der Waals surface area contributed by atoms with Gasteiger partial charge in [0, 0.05) is 25.7 Å². The summed E-state index contributed by atoms with van der Waals surface area (Å²) in [5, 5.41) is 2.90. The normalized spacial score (nSPS) is 27.1. The van der Waals surface area contributed by atoms with Crippen LogP contribution in [0.4, 0.5) is 4.39 Å². The first kappa shape index (κ1) is 18.2. The zero-order valence-electron chi connectivity index (χ0n) is 13.2. The summed E-state index contributed by atoms with van der Waals surface area (Å²) in [6.07, 6.45) is 3.57. The van der Waals surface area contributed by atoms with Crippen molar-refractivity contribution in [2.75, 3.05) is 19.6 Å². The third-order valence-electron chi connectivity index (χ3n) is 5.00. The fourth-order valence-corrected chi connectivity index (χ4v) is 3.80. The van der Waals surface area contributed by atoms with Crippen molar-refractivity contribution in [3.05, 3.63) is 35.6 Å². The SMILES string of the molecule is Cl.NC1CCCC2CN(CC(=O)NCc3ccc(F)cc3)CC12. The lowest BCUT2D eigenvalue weighted by Crippen LogP contribution is -2.39. The van der Waals surface area contributed by atoms with Gasteiger partial charge in [-0.3, -0.25) is 9.69 Å². The Hall–Kier alpha value is -1.17. The second-order valence-electron chi connectivity index (χ2n) is 6.62. The van der Waals surface area contributed by atoms with E-state index in [9.17, 15) is 9.18 Å². The van der Waals surface area contributed by atoms with Crippen molar-refractivity contribution in [3.8, 4) is 0 Å². The van der Waals surface area contributed by atoms with Gasteiger partial charge in [0.25, 0.3) is 0 Å². The van der Waals surface area contributed by atoms with Crippen LogP contribution in [0.2, 0.25) is 0 Å². The third-order valence-corrected chi connectivity index (χ3v) is 5.00. The number of rotatable bonds is 4. The predicted octanol–water partition coefficient (Wildman–Crippen LogP) is 1.92. The van der Waals surface area contributed by atoms with E-state index in [2.05, 4.69) is 10.2 Å². The monoisotopic (exact) mass is 341 g/mol. The van der Waals surface area contributed by atoms with Crippen molar-refractivity contribution in [2.45, 2.75) is 31.8 Å². The number of carbonyl (C=O) groups is 1. The minimum absolute atomic E-state index is 0. The molecule has 1 aliphatic carbocycles. The molecule has 128 valence electrons. The van der Waals surface area contributed by atoms with Crippen LogP contribution in [-0.4, -0.2) is 36.5 Å². The largest absolute Gasteiger partial charge is 0.351 e. The van der Waals surface area contributed by atoms with Gasteiger partial charge < -0.3 is 11.1 Å². The van der Waals surface area contributed by atoms with Crippen molar-refractivity contribution in [3.63, 3.8) is 0 Å². The molecule has 3 rings (SSSR count). The molecule has 6 heteroatoms. The van der Waals surface area contributed by atoms with Crippen LogP contribution in [0.1, 0.15) is 24.8 Å². The maximum Gasteiger partial charge on any atom is 0.234 e. The average molecular weight is 342 g/mol. The summed E-state index contributed by atoms with van der Waals surface area (Å²) in [5.41, 5.74) is 7.11. The van der Waals surface area contributed by atoms with Crippen LogP contribution in [0.3, 0.4) is 0 Å². The van der Waals surface area contributed by atoms with Crippen LogP contribution in [0.25, 0.3) is 0 Å². The number of nitrogens with zero attached hydrogens (tertiary/aromatic N) is 1. The van der Waals surface area contributed by atoms with E-state index in [0.717, 1.165) is 25.1 Å². The highest BCUT2D eigenvalue weighted by Gasteiger charge is 2.38. The first-order chi connectivity index (χ1) is 10.6. The molecule has 0 bridgehead atoms. The lowest BCUT2D eigenvalue weighted by Gasteiger charge is -2.29. The van der Waals surface area contributed by atoms with Gasteiger partial charge in [0.1, 0.15) is 5.82 Å². The third kappa shape index (κ3) is 4.66. The van der Waals surface area contributed by atoms with Crippen LogP contribution in [0, 0.1) is 17.7 Å². The Bertz CT molecular complexity index is 525. The van der Waals surface area contributed by atoms with Gasteiger partial charge >= 0.3 is 0 Å². The van der Waals surface area contributed by atoms with Crippen LogP contribution in [-0.2, 0) is 11.3 Å². The van der Waals surface area contributed by atoms with E-state index in [-0.39, 0.29) is 24.1 Å². The molecule has 0 radical (unpaired) electrons. The molecule has 3 atom stereocenters. The first-order valence-electron chi connectivity index (χ1n) is 8.11. The molecule has 1 aromatic carbocycles. The molecule has 4 nitrogen and oxygen atoms in total. The van der Waals surface area contributed by atoms with Gasteiger partial charge in [-0.15, -0.1) is 12.4 Å². The van der Waals surface area contributed by atoms with Crippen molar-refractivity contribution < 1.29 is 9.18 Å². The predicted molar refractivity (Wildman–Crippen MR) is 90.7 cm³/mol. The number of carbonyl (C=O) groups excluding carboxylic acids is 1. The highest BCUT2D eigenvalue weighted by Crippen LogP contribution is 2.35. The van der Waals surface area contributed by atoms with Gasteiger partial charge in [-0.1, -0.05) is 18.6 Å². The Balaban J connectivity index is 0.00000192. The van der Waals surface area contributed by atoms with Gasteiger partial charge in [-0.05, 0) is 42.4 Å². The maximum absolute atomic E-state index is 12.8. The highest BCUT2D eigenvalue weighted by atomic mass is 35.5. The van der Waals surface area contributed by atoms with Crippen LogP contribution in [0.5, 0.6) is 0 Å². The van der Waals surface area contributed by atoms with Gasteiger partial charge in [-0.25, -0.2) is 4.39 Å². The van der Waals surface area contributed by atoms with Gasteiger partial charge in [0.15, 0.2) is 0 Å². The number of halogens is 2. The van der Waals surface area contributed by atoms with E-state index in [1.165, 1.54) is 25.0 Å². The van der Waals surface area contributed by atoms with Crippen LogP contribution in [0.15, 0.2) is 24.3 Å². The zero-order valence-corrected chi connectivity index (χ0v) is 14.0. The van der Waals surface area contributed by atoms with Gasteiger partial charge in [-0.2, -0.15) is 0 Å². The molecule has 1 saturated carbocycles. The summed E-state index contributed by atoms with van der Waals surface area (Å²) < 4.78 is 12.8. The molecule has 0 spiro atoms. The second kappa shape index (κ2) is 8.08. The van der Waals surface area contributed by atoms with Gasteiger partial charge in [0.05, 0.1) is 6.54 Å². The molecule has 1 amide bonds. The van der Waals surface area contributed by atoms with Crippen molar-refractivity contribution in [2.24, 2.45) is 17.6 Å². The number of amides is 1. The summed E-state index contributed by atoms with van der Waals surface area (Å²) in [7, 11) is 0. The standard InChI is InChI=1S/C17H24FN3O.ClH/c18-14-6-4-12(5-7-14)8-20-17(22)11-21-9-13-2-1-3-16(19)15(13)10-21;/h4-7,13,15-16H,1-3,8-11,19H2,(H,20,22);1H. The minimum Gasteiger partial charge on any atom is -0.351 e. The van der Waals surface area contributed by atoms with Crippen molar-refractivity contribution >= 4 is 18.3 Å². The Morgan fingerprint density at radius 2 is 2.00 bits per heavy atom. The molecule has 1 aliphatic heterocycles. The molecule has 1 saturated heterocycles. The van der Waals surface area contributed by atoms with Crippen molar-refractivity contribution in [1.82, 2.24) is 10.2 Å². The summed E-state index contributed by atoms with van der Waals surface area (Å²) in [6.45, 7) is 2.80. The molecule has 1 aromatic rings. The van der Waals surface area contributed by atoms with E-state index in [0.29, 0.717) is 31.0 Å². The molecule has 3 N–H and O–H groups in total. The number of hydrogen-bond acceptors (Lipinski definition) is 3. The number of nitrogens with one attached hydrogen (secondary N) is 1. The molecule has 1 heterocycles. The molecule has 0 aromatic heterocycles. The summed E-state index contributed by atoms with van der Waals surface area (Å²) in [4.78, 5) is 14.3. The molecule has 2 fully saturated rings. The fourth-order valence-electron chi connectivity index (χ4n) is 3.80. The second-order valence-corrected chi connectivity index (χ2v) is 6.62. The minimum atomic E-state index is -0.258. The number of hydrogen-bond donors (Lipinski definition) is 2. The van der Waals surface area contributed by atoms with Crippen molar-refractivity contribution in [1.29, 1.82) is 0 Å². The van der Waals surface area contributed by atoms with E-state index in [1.54, 1.807) is 12.1 Å². The lowest BCUT2D eigenvalue weighted by atomic mass is 9.78. The molecular weight excluding hydrogens is 317 g/mol. The van der Waals surface area contributed by atoms with E-state index in [4.69, 9.17) is 5.73 Å².